The van der Waals surface area contributed by atoms with Crippen molar-refractivity contribution in [3.05, 3.63) is 53.0 Å². The molecule has 0 spiro atoms. The summed E-state index contributed by atoms with van der Waals surface area (Å²) in [6.45, 7) is 13.4. The first-order chi connectivity index (χ1) is 18.2. The summed E-state index contributed by atoms with van der Waals surface area (Å²) < 4.78 is 7.93. The first-order valence-corrected chi connectivity index (χ1v) is 14.5. The Hall–Kier alpha value is -2.86. The molecule has 1 aliphatic carbocycles. The molecule has 204 valence electrons. The first kappa shape index (κ1) is 26.7. The predicted molar refractivity (Wildman–Crippen MR) is 154 cm³/mol. The molecule has 2 aromatic heterocycles. The third kappa shape index (κ3) is 5.61. The zero-order chi connectivity index (χ0) is 26.9. The second-order valence-corrected chi connectivity index (χ2v) is 12.4. The Bertz CT molecular complexity index is 1270. The molecule has 2 aliphatic rings. The number of hydrogen-bond donors (Lipinski definition) is 2. The molecule has 0 unspecified atom stereocenters. The van der Waals surface area contributed by atoms with E-state index in [9.17, 15) is 4.79 Å². The number of aromatic amines is 1. The van der Waals surface area contributed by atoms with Crippen LogP contribution < -0.4 is 5.32 Å². The van der Waals surface area contributed by atoms with E-state index in [-0.39, 0.29) is 17.4 Å². The number of carbonyl (C=O) groups excluding carboxylic acids is 1. The van der Waals surface area contributed by atoms with Crippen LogP contribution in [0.5, 0.6) is 0 Å². The van der Waals surface area contributed by atoms with Crippen LogP contribution in [0.15, 0.2) is 30.5 Å². The molecule has 1 aliphatic heterocycles. The number of aromatic nitrogens is 3. The van der Waals surface area contributed by atoms with E-state index < -0.39 is 0 Å². The quantitative estimate of drug-likeness (QED) is 0.372. The number of aryl methyl sites for hydroxylation is 1. The second-order valence-electron chi connectivity index (χ2n) is 12.4. The zero-order valence-corrected chi connectivity index (χ0v) is 23.8. The van der Waals surface area contributed by atoms with Gasteiger partial charge < -0.3 is 14.6 Å². The Morgan fingerprint density at radius 2 is 1.79 bits per heavy atom. The lowest BCUT2D eigenvalue weighted by Gasteiger charge is -2.26. The normalized spacial score (nSPS) is 17.6. The molecule has 3 heterocycles. The Morgan fingerprint density at radius 1 is 1.05 bits per heavy atom. The summed E-state index contributed by atoms with van der Waals surface area (Å²) in [5, 5.41) is 10.7. The molecule has 2 fully saturated rings. The fourth-order valence-electron chi connectivity index (χ4n) is 6.27. The van der Waals surface area contributed by atoms with E-state index in [4.69, 9.17) is 4.74 Å². The van der Waals surface area contributed by atoms with Gasteiger partial charge in [-0.25, -0.2) is 0 Å². The summed E-state index contributed by atoms with van der Waals surface area (Å²) in [5.74, 6) is 0.703. The molecule has 0 bridgehead atoms. The minimum atomic E-state index is -0.0475. The topological polar surface area (TPSA) is 71.9 Å². The maximum Gasteiger partial charge on any atom is 0.253 e. The molecule has 2 N–H and O–H groups in total. The summed E-state index contributed by atoms with van der Waals surface area (Å²) in [7, 11) is 0. The van der Waals surface area contributed by atoms with E-state index >= 15 is 0 Å². The molecule has 38 heavy (non-hydrogen) atoms. The molecule has 6 nitrogen and oxygen atoms in total. The van der Waals surface area contributed by atoms with Gasteiger partial charge in [-0.05, 0) is 79.7 Å². The van der Waals surface area contributed by atoms with Gasteiger partial charge in [-0.1, -0.05) is 52.2 Å². The third-order valence-electron chi connectivity index (χ3n) is 8.58. The van der Waals surface area contributed by atoms with Crippen LogP contribution in [0.2, 0.25) is 0 Å². The van der Waals surface area contributed by atoms with Crippen molar-refractivity contribution in [2.24, 2.45) is 5.92 Å². The number of rotatable bonds is 6. The van der Waals surface area contributed by atoms with Crippen LogP contribution >= 0.6 is 0 Å². The van der Waals surface area contributed by atoms with E-state index in [0.717, 1.165) is 60.8 Å². The molecule has 6 heteroatoms. The highest BCUT2D eigenvalue weighted by Crippen LogP contribution is 2.38. The van der Waals surface area contributed by atoms with Crippen molar-refractivity contribution in [2.45, 2.75) is 97.6 Å². The number of benzene rings is 1. The van der Waals surface area contributed by atoms with Gasteiger partial charge in [-0.2, -0.15) is 5.10 Å². The number of nitrogens with zero attached hydrogens (tertiary/aromatic N) is 2. The van der Waals surface area contributed by atoms with Gasteiger partial charge in [-0.15, -0.1) is 0 Å². The van der Waals surface area contributed by atoms with Crippen LogP contribution in [0, 0.1) is 19.8 Å². The molecule has 1 aromatic carbocycles. The first-order valence-electron chi connectivity index (χ1n) is 14.5. The summed E-state index contributed by atoms with van der Waals surface area (Å²) in [6.07, 6.45) is 10.3. The SMILES string of the molecule is Cc1n[nH]cc1-c1ccc(-c2cc(C(=O)NC3CCOCC3)c(C)n2CC2CCCCC2)cc1C(C)(C)C. The fourth-order valence-corrected chi connectivity index (χ4v) is 6.27. The van der Waals surface area contributed by atoms with E-state index in [1.165, 1.54) is 48.8 Å². The summed E-state index contributed by atoms with van der Waals surface area (Å²) >= 11 is 0. The highest BCUT2D eigenvalue weighted by molar-refractivity contribution is 5.97. The highest BCUT2D eigenvalue weighted by Gasteiger charge is 2.26. The lowest BCUT2D eigenvalue weighted by atomic mass is 9.80. The van der Waals surface area contributed by atoms with Gasteiger partial charge in [0.25, 0.3) is 5.91 Å². The van der Waals surface area contributed by atoms with Gasteiger partial charge in [-0.3, -0.25) is 9.89 Å². The average Bonchev–Trinajstić information content (AvgIpc) is 3.47. The van der Waals surface area contributed by atoms with Crippen molar-refractivity contribution < 1.29 is 9.53 Å². The number of nitrogens with one attached hydrogen (secondary N) is 2. The van der Waals surface area contributed by atoms with E-state index in [0.29, 0.717) is 5.92 Å². The Morgan fingerprint density at radius 3 is 2.45 bits per heavy atom. The van der Waals surface area contributed by atoms with E-state index in [1.807, 2.05) is 13.1 Å². The van der Waals surface area contributed by atoms with Crippen LogP contribution in [0.3, 0.4) is 0 Å². The van der Waals surface area contributed by atoms with Crippen LogP contribution in [0.4, 0.5) is 0 Å². The minimum Gasteiger partial charge on any atom is -0.381 e. The Kier molecular flexibility index (Phi) is 7.80. The summed E-state index contributed by atoms with van der Waals surface area (Å²) in [5.41, 5.74) is 8.79. The Balaban J connectivity index is 1.56. The van der Waals surface area contributed by atoms with Crippen LogP contribution in [-0.4, -0.2) is 39.9 Å². The van der Waals surface area contributed by atoms with Gasteiger partial charge in [0.2, 0.25) is 0 Å². The van der Waals surface area contributed by atoms with Crippen molar-refractivity contribution in [3.63, 3.8) is 0 Å². The standard InChI is InChI=1S/C32H44N4O2/c1-21-28(19-33-35-21)26-12-11-24(17-29(26)32(3,4)5)30-18-27(31(37)34-25-13-15-38-16-14-25)22(2)36(30)20-23-9-7-6-8-10-23/h11-12,17-19,23,25H,6-10,13-16,20H2,1-5H3,(H,33,35)(H,34,37). The number of ether oxygens (including phenoxy) is 1. The number of carbonyl (C=O) groups is 1. The van der Waals surface area contributed by atoms with Crippen LogP contribution in [0.1, 0.15) is 93.0 Å². The smallest absolute Gasteiger partial charge is 0.253 e. The molecule has 0 atom stereocenters. The second kappa shape index (κ2) is 11.1. The maximum absolute atomic E-state index is 13.5. The van der Waals surface area contributed by atoms with E-state index in [2.05, 4.69) is 72.0 Å². The van der Waals surface area contributed by atoms with Crippen molar-refractivity contribution >= 4 is 5.91 Å². The van der Waals surface area contributed by atoms with Gasteiger partial charge in [0.15, 0.2) is 0 Å². The molecule has 5 rings (SSSR count). The molecule has 0 radical (unpaired) electrons. The van der Waals surface area contributed by atoms with Crippen molar-refractivity contribution in [3.8, 4) is 22.4 Å². The minimum absolute atomic E-state index is 0.0414. The molecular weight excluding hydrogens is 472 g/mol. The molecular formula is C32H44N4O2. The van der Waals surface area contributed by atoms with Crippen molar-refractivity contribution in [1.82, 2.24) is 20.1 Å². The zero-order valence-electron chi connectivity index (χ0n) is 23.8. The average molecular weight is 517 g/mol. The van der Waals surface area contributed by atoms with Crippen molar-refractivity contribution in [2.75, 3.05) is 13.2 Å². The van der Waals surface area contributed by atoms with Crippen molar-refractivity contribution in [1.29, 1.82) is 0 Å². The lowest BCUT2D eigenvalue weighted by molar-refractivity contribution is 0.0696. The van der Waals surface area contributed by atoms with Gasteiger partial charge in [0, 0.05) is 48.9 Å². The van der Waals surface area contributed by atoms with Gasteiger partial charge in [0.05, 0.1) is 11.3 Å². The van der Waals surface area contributed by atoms with Crippen LogP contribution in [-0.2, 0) is 16.7 Å². The van der Waals surface area contributed by atoms with Crippen LogP contribution in [0.25, 0.3) is 22.4 Å². The fraction of sp³-hybridized carbons (Fsp3) is 0.562. The molecule has 1 saturated carbocycles. The maximum atomic E-state index is 13.5. The summed E-state index contributed by atoms with van der Waals surface area (Å²) in [6, 6.07) is 9.13. The van der Waals surface area contributed by atoms with Gasteiger partial charge in [0.1, 0.15) is 0 Å². The van der Waals surface area contributed by atoms with E-state index in [1.54, 1.807) is 0 Å². The predicted octanol–water partition coefficient (Wildman–Crippen LogP) is 6.95. The summed E-state index contributed by atoms with van der Waals surface area (Å²) in [4.78, 5) is 13.5. The number of hydrogen-bond acceptors (Lipinski definition) is 3. The molecule has 3 aromatic rings. The Labute approximate surface area is 227 Å². The monoisotopic (exact) mass is 516 g/mol. The number of amides is 1. The largest absolute Gasteiger partial charge is 0.381 e. The molecule has 1 saturated heterocycles. The third-order valence-corrected chi connectivity index (χ3v) is 8.58. The number of H-pyrrole nitrogens is 1. The highest BCUT2D eigenvalue weighted by atomic mass is 16.5. The lowest BCUT2D eigenvalue weighted by Crippen LogP contribution is -2.39. The van der Waals surface area contributed by atoms with Gasteiger partial charge >= 0.3 is 0 Å². The molecule has 1 amide bonds.